The summed E-state index contributed by atoms with van der Waals surface area (Å²) >= 11 is 0. The lowest BCUT2D eigenvalue weighted by Gasteiger charge is -2.42. The van der Waals surface area contributed by atoms with Crippen LogP contribution in [0.4, 0.5) is 5.69 Å². The minimum Gasteiger partial charge on any atom is -0.326 e. The second kappa shape index (κ2) is 8.72. The fraction of sp³-hybridized carbons (Fsp3) is 0.0750. The molecule has 0 saturated heterocycles. The monoisotopic (exact) mass is 594 g/mol. The summed E-state index contributed by atoms with van der Waals surface area (Å²) in [5.74, 6) is 1.27. The molecule has 5 aromatic carbocycles. The van der Waals surface area contributed by atoms with Gasteiger partial charge in [-0.15, -0.1) is 0 Å². The molecule has 4 atom stereocenters. The highest BCUT2D eigenvalue weighted by atomic mass is 31.1. The quantitative estimate of drug-likeness (QED) is 0.178. The highest BCUT2D eigenvalue weighted by Gasteiger charge is 2.51. The van der Waals surface area contributed by atoms with Gasteiger partial charge in [-0.3, -0.25) is 4.57 Å². The minimum absolute atomic E-state index is 0.115. The number of hydrogen-bond donors (Lipinski definition) is 0. The van der Waals surface area contributed by atoms with Crippen molar-refractivity contribution in [2.24, 2.45) is 0 Å². The number of fused-ring (bicyclic) bond motifs is 11. The SMILES string of the molecule is C1=CC2c3ccccc3N3C2C(=C1)c1nc2c(cccc2n1-c1cccc2ccccc12)-c1cccc2c1P3N1C=CC=CC21. The van der Waals surface area contributed by atoms with E-state index >= 15 is 0 Å². The molecule has 0 N–H and O–H groups in total. The maximum Gasteiger partial charge on any atom is 0.143 e. The fourth-order valence-electron chi connectivity index (χ4n) is 8.44. The van der Waals surface area contributed by atoms with E-state index in [-0.39, 0.29) is 18.0 Å². The molecule has 212 valence electrons. The van der Waals surface area contributed by atoms with Gasteiger partial charge in [-0.1, -0.05) is 115 Å². The van der Waals surface area contributed by atoms with E-state index in [9.17, 15) is 0 Å². The summed E-state index contributed by atoms with van der Waals surface area (Å²) in [5.41, 5.74) is 11.3. The van der Waals surface area contributed by atoms with Crippen molar-refractivity contribution in [3.63, 3.8) is 0 Å². The third-order valence-electron chi connectivity index (χ3n) is 10.2. The van der Waals surface area contributed by atoms with Crippen molar-refractivity contribution in [1.82, 2.24) is 14.2 Å². The van der Waals surface area contributed by atoms with E-state index in [1.54, 1.807) is 0 Å². The highest BCUT2D eigenvalue weighted by molar-refractivity contribution is 7.66. The van der Waals surface area contributed by atoms with Gasteiger partial charge in [-0.25, -0.2) is 4.98 Å². The molecule has 11 rings (SSSR count). The number of anilines is 1. The minimum atomic E-state index is -0.912. The van der Waals surface area contributed by atoms with Crippen molar-refractivity contribution in [1.29, 1.82) is 0 Å². The zero-order valence-corrected chi connectivity index (χ0v) is 25.2. The average molecular weight is 595 g/mol. The first-order valence-corrected chi connectivity index (χ1v) is 16.9. The molecule has 0 amide bonds. The van der Waals surface area contributed by atoms with Gasteiger partial charge in [0, 0.05) is 39.6 Å². The number of para-hydroxylation sites is 2. The zero-order chi connectivity index (χ0) is 29.2. The van der Waals surface area contributed by atoms with Crippen molar-refractivity contribution in [2.75, 3.05) is 4.67 Å². The molecule has 5 heterocycles. The van der Waals surface area contributed by atoms with Gasteiger partial charge in [0.1, 0.15) is 14.0 Å². The Hall–Kier alpha value is -5.18. The molecule has 4 aliphatic heterocycles. The Morgan fingerprint density at radius 3 is 2.47 bits per heavy atom. The first kappa shape index (κ1) is 24.2. The number of imidazole rings is 1. The van der Waals surface area contributed by atoms with Crippen LogP contribution in [0.2, 0.25) is 0 Å². The van der Waals surface area contributed by atoms with Crippen molar-refractivity contribution in [3.8, 4) is 16.8 Å². The summed E-state index contributed by atoms with van der Waals surface area (Å²) in [6, 6.07) is 38.5. The first-order valence-electron chi connectivity index (χ1n) is 15.7. The van der Waals surface area contributed by atoms with Gasteiger partial charge in [0.15, 0.2) is 0 Å². The van der Waals surface area contributed by atoms with E-state index in [0.717, 1.165) is 16.9 Å². The van der Waals surface area contributed by atoms with Gasteiger partial charge >= 0.3 is 0 Å². The molecule has 6 aromatic rings. The van der Waals surface area contributed by atoms with Crippen LogP contribution in [0, 0.1) is 0 Å². The van der Waals surface area contributed by atoms with Crippen molar-refractivity contribution in [2.45, 2.75) is 18.0 Å². The van der Waals surface area contributed by atoms with Crippen LogP contribution in [0.1, 0.15) is 28.9 Å². The van der Waals surface area contributed by atoms with E-state index in [0.29, 0.717) is 0 Å². The van der Waals surface area contributed by atoms with Crippen LogP contribution in [-0.2, 0) is 0 Å². The number of hydrogen-bond acceptors (Lipinski definition) is 3. The summed E-state index contributed by atoms with van der Waals surface area (Å²) in [5, 5.41) is 3.92. The van der Waals surface area contributed by atoms with Gasteiger partial charge in [0.25, 0.3) is 0 Å². The molecule has 1 aromatic heterocycles. The molecule has 0 radical (unpaired) electrons. The molecule has 0 saturated carbocycles. The molecule has 1 aliphatic carbocycles. The van der Waals surface area contributed by atoms with Gasteiger partial charge in [-0.05, 0) is 46.4 Å². The summed E-state index contributed by atoms with van der Waals surface area (Å²) in [6.07, 6.45) is 16.1. The maximum atomic E-state index is 5.65. The Morgan fingerprint density at radius 2 is 1.47 bits per heavy atom. The van der Waals surface area contributed by atoms with Crippen LogP contribution < -0.4 is 9.97 Å². The second-order valence-electron chi connectivity index (χ2n) is 12.4. The number of aromatic nitrogens is 2. The van der Waals surface area contributed by atoms with Crippen LogP contribution in [0.15, 0.2) is 146 Å². The lowest BCUT2D eigenvalue weighted by Crippen LogP contribution is -2.37. The van der Waals surface area contributed by atoms with Gasteiger partial charge in [0.2, 0.25) is 0 Å². The second-order valence-corrected chi connectivity index (χ2v) is 14.3. The van der Waals surface area contributed by atoms with Crippen molar-refractivity contribution < 1.29 is 0 Å². The fourth-order valence-corrected chi connectivity index (χ4v) is 11.5. The molecule has 5 aliphatic rings. The summed E-state index contributed by atoms with van der Waals surface area (Å²) in [7, 11) is -0.912. The Labute approximate surface area is 262 Å². The van der Waals surface area contributed by atoms with Crippen molar-refractivity contribution in [3.05, 3.63) is 163 Å². The van der Waals surface area contributed by atoms with Gasteiger partial charge in [-0.2, -0.15) is 0 Å². The largest absolute Gasteiger partial charge is 0.326 e. The third-order valence-corrected chi connectivity index (χ3v) is 12.8. The molecule has 4 bridgehead atoms. The molecule has 5 heteroatoms. The summed E-state index contributed by atoms with van der Waals surface area (Å²) < 4.78 is 7.87. The van der Waals surface area contributed by atoms with E-state index in [1.165, 1.54) is 55.3 Å². The summed E-state index contributed by atoms with van der Waals surface area (Å²) in [6.45, 7) is 0. The predicted molar refractivity (Wildman–Crippen MR) is 186 cm³/mol. The topological polar surface area (TPSA) is 24.3 Å². The molecular formula is C40H27N4P. The van der Waals surface area contributed by atoms with Crippen LogP contribution >= 0.6 is 8.22 Å². The number of benzene rings is 5. The lowest BCUT2D eigenvalue weighted by atomic mass is 9.86. The predicted octanol–water partition coefficient (Wildman–Crippen LogP) is 9.16. The molecule has 0 fully saturated rings. The standard InChI is InChI=1S/C40H27N4P/c1-2-13-26-25(11-1)12-7-22-34(26)43-36-23-10-15-28-30-17-9-18-31-33-20-5-6-24-42(33)45(39(30)31)44-35-21-4-3-14-27(35)29-16-8-19-32(38(29)44)40(43)41-37(28)36/h1-24,29,33,38H. The number of allylic oxidation sites excluding steroid dienone is 4. The third kappa shape index (κ3) is 3.03. The Balaban J connectivity index is 1.31. The lowest BCUT2D eigenvalue weighted by molar-refractivity contribution is 0.533. The van der Waals surface area contributed by atoms with Crippen LogP contribution in [-0.4, -0.2) is 20.3 Å². The Morgan fingerprint density at radius 1 is 0.667 bits per heavy atom. The summed E-state index contributed by atoms with van der Waals surface area (Å²) in [4.78, 5) is 5.65. The zero-order valence-electron chi connectivity index (χ0n) is 24.3. The molecular weight excluding hydrogens is 567 g/mol. The maximum absolute atomic E-state index is 5.65. The molecule has 4 unspecified atom stereocenters. The van der Waals surface area contributed by atoms with Gasteiger partial charge < -0.3 is 9.34 Å². The molecule has 0 spiro atoms. The van der Waals surface area contributed by atoms with Crippen LogP contribution in [0.3, 0.4) is 0 Å². The van der Waals surface area contributed by atoms with E-state index in [1.807, 2.05) is 0 Å². The Bertz CT molecular complexity index is 2390. The average Bonchev–Trinajstić information content (AvgIpc) is 3.75. The number of rotatable bonds is 1. The number of nitrogens with zero attached hydrogens (tertiary/aromatic N) is 4. The van der Waals surface area contributed by atoms with Gasteiger partial charge in [0.05, 0.1) is 28.8 Å². The molecule has 4 nitrogen and oxygen atoms in total. The smallest absolute Gasteiger partial charge is 0.143 e. The first-order chi connectivity index (χ1) is 22.4. The van der Waals surface area contributed by atoms with Crippen molar-refractivity contribution >= 4 is 46.6 Å². The van der Waals surface area contributed by atoms with E-state index in [2.05, 4.69) is 160 Å². The molecule has 45 heavy (non-hydrogen) atoms. The highest BCUT2D eigenvalue weighted by Crippen LogP contribution is 2.66. The van der Waals surface area contributed by atoms with Crippen LogP contribution in [0.25, 0.3) is 44.2 Å². The normalized spacial score (nSPS) is 22.9. The van der Waals surface area contributed by atoms with E-state index in [4.69, 9.17) is 4.98 Å². The Kier molecular flexibility index (Phi) is 4.68. The van der Waals surface area contributed by atoms with Crippen LogP contribution in [0.5, 0.6) is 0 Å². The van der Waals surface area contributed by atoms with E-state index < -0.39 is 8.22 Å².